The average Bonchev–Trinajstić information content (AvgIpc) is 2.45. The monoisotopic (exact) mass is 578 g/mol. The van der Waals surface area contributed by atoms with Crippen LogP contribution in [0.5, 0.6) is 0 Å². The second-order valence-electron chi connectivity index (χ2n) is 5.22. The Kier molecular flexibility index (Phi) is 6.89. The molecule has 128 valence electrons. The van der Waals surface area contributed by atoms with Crippen LogP contribution in [-0.4, -0.2) is 33.4 Å². The highest BCUT2D eigenvalue weighted by Crippen LogP contribution is 2.65. The quantitative estimate of drug-likeness (QED) is 0.402. The van der Waals surface area contributed by atoms with Gasteiger partial charge in [0, 0.05) is 17.9 Å². The van der Waals surface area contributed by atoms with E-state index in [1.165, 1.54) is 13.0 Å². The van der Waals surface area contributed by atoms with Crippen LogP contribution in [0.3, 0.4) is 0 Å². The third kappa shape index (κ3) is 3.03. The minimum atomic E-state index is -1.92. The Labute approximate surface area is 167 Å². The second-order valence-corrected chi connectivity index (χ2v) is 8.39. The van der Waals surface area contributed by atoms with E-state index in [1.807, 2.05) is 0 Å². The summed E-state index contributed by atoms with van der Waals surface area (Å²) in [6.45, 7) is 4.99. The number of aliphatic hydroxyl groups is 1. The van der Waals surface area contributed by atoms with E-state index in [0.29, 0.717) is 8.96 Å². The molecular formula is C14H14Br4O5. The lowest BCUT2D eigenvalue weighted by Crippen LogP contribution is -2.56. The maximum atomic E-state index is 12.3. The summed E-state index contributed by atoms with van der Waals surface area (Å²) in [5, 5.41) is 29.8. The van der Waals surface area contributed by atoms with Crippen molar-refractivity contribution in [2.24, 2.45) is 10.8 Å². The zero-order valence-electron chi connectivity index (χ0n) is 11.9. The maximum absolute atomic E-state index is 12.3. The Hall–Kier alpha value is 0.0400. The number of rotatable bonds is 6. The molecule has 0 heterocycles. The molecule has 0 bridgehead atoms. The van der Waals surface area contributed by atoms with Gasteiger partial charge >= 0.3 is 11.9 Å². The number of halogens is 4. The number of aliphatic carboxylic acids is 2. The largest absolute Gasteiger partial charge is 0.481 e. The lowest BCUT2D eigenvalue weighted by Gasteiger charge is -2.48. The normalized spacial score (nSPS) is 29.5. The van der Waals surface area contributed by atoms with Crippen molar-refractivity contribution in [2.45, 2.75) is 25.9 Å². The SMILES string of the molecule is C=CCC1(C(=O)O)C(Br)=C(Br)C(Br)=C(Br)C1(CC(C)O)C(=O)O. The smallest absolute Gasteiger partial charge is 0.316 e. The molecule has 0 aromatic rings. The molecule has 9 heteroatoms. The number of allylic oxidation sites excluding steroid dienone is 3. The lowest BCUT2D eigenvalue weighted by molar-refractivity contribution is -0.168. The Morgan fingerprint density at radius 1 is 1.09 bits per heavy atom. The molecule has 0 aromatic heterocycles. The molecule has 1 rings (SSSR count). The summed E-state index contributed by atoms with van der Waals surface area (Å²) in [5.41, 5.74) is -3.79. The molecule has 23 heavy (non-hydrogen) atoms. The zero-order chi connectivity index (χ0) is 18.2. The van der Waals surface area contributed by atoms with Crippen molar-refractivity contribution < 1.29 is 24.9 Å². The van der Waals surface area contributed by atoms with E-state index in [1.54, 1.807) is 0 Å². The third-order valence-electron chi connectivity index (χ3n) is 3.84. The van der Waals surface area contributed by atoms with Gasteiger partial charge in [0.2, 0.25) is 0 Å². The highest BCUT2D eigenvalue weighted by Gasteiger charge is 2.67. The summed E-state index contributed by atoms with van der Waals surface area (Å²) in [5.74, 6) is -2.69. The highest BCUT2D eigenvalue weighted by molar-refractivity contribution is 9.17. The molecule has 3 N–H and O–H groups in total. The fourth-order valence-corrected chi connectivity index (χ4v) is 6.20. The summed E-state index contributed by atoms with van der Waals surface area (Å²) in [6, 6.07) is 0. The topological polar surface area (TPSA) is 94.8 Å². The van der Waals surface area contributed by atoms with Crippen molar-refractivity contribution in [3.63, 3.8) is 0 Å². The summed E-state index contributed by atoms with van der Waals surface area (Å²) >= 11 is 13.1. The van der Waals surface area contributed by atoms with Crippen molar-refractivity contribution in [2.75, 3.05) is 0 Å². The fraction of sp³-hybridized carbons (Fsp3) is 0.429. The molecule has 0 amide bonds. The fourth-order valence-electron chi connectivity index (χ4n) is 2.86. The van der Waals surface area contributed by atoms with Crippen LogP contribution < -0.4 is 0 Å². The molecule has 0 radical (unpaired) electrons. The molecule has 0 saturated heterocycles. The van der Waals surface area contributed by atoms with E-state index in [9.17, 15) is 24.9 Å². The van der Waals surface area contributed by atoms with E-state index >= 15 is 0 Å². The van der Waals surface area contributed by atoms with Crippen LogP contribution in [0.4, 0.5) is 0 Å². The molecule has 0 aliphatic heterocycles. The molecule has 3 atom stereocenters. The first-order valence-corrected chi connectivity index (χ1v) is 9.55. The molecule has 1 aliphatic carbocycles. The van der Waals surface area contributed by atoms with Crippen molar-refractivity contribution in [1.29, 1.82) is 0 Å². The molecule has 1 aliphatic rings. The number of hydrogen-bond donors (Lipinski definition) is 3. The molecule has 0 spiro atoms. The van der Waals surface area contributed by atoms with Gasteiger partial charge in [-0.25, -0.2) is 0 Å². The van der Waals surface area contributed by atoms with Crippen LogP contribution >= 0.6 is 63.7 Å². The van der Waals surface area contributed by atoms with Gasteiger partial charge in [-0.15, -0.1) is 6.58 Å². The second kappa shape index (κ2) is 7.51. The van der Waals surface area contributed by atoms with E-state index in [2.05, 4.69) is 70.3 Å². The Morgan fingerprint density at radius 3 is 1.78 bits per heavy atom. The van der Waals surface area contributed by atoms with Crippen LogP contribution in [0.15, 0.2) is 30.6 Å². The van der Waals surface area contributed by atoms with Crippen molar-refractivity contribution in [3.8, 4) is 0 Å². The Balaban J connectivity index is 4.01. The summed E-state index contributed by atoms with van der Waals surface area (Å²) in [6.07, 6.45) is -0.130. The summed E-state index contributed by atoms with van der Waals surface area (Å²) in [4.78, 5) is 24.5. The van der Waals surface area contributed by atoms with Gasteiger partial charge in [-0.05, 0) is 51.6 Å². The van der Waals surface area contributed by atoms with Crippen LogP contribution in [0.25, 0.3) is 0 Å². The van der Waals surface area contributed by atoms with Gasteiger partial charge in [0.05, 0.1) is 6.10 Å². The van der Waals surface area contributed by atoms with Crippen LogP contribution in [0.1, 0.15) is 19.8 Å². The van der Waals surface area contributed by atoms with Gasteiger partial charge in [0.25, 0.3) is 0 Å². The molecule has 0 saturated carbocycles. The number of carbonyl (C=O) groups is 2. The first-order valence-electron chi connectivity index (χ1n) is 6.38. The van der Waals surface area contributed by atoms with Crippen molar-refractivity contribution in [3.05, 3.63) is 30.6 Å². The Bertz CT molecular complexity index is 625. The molecule has 5 nitrogen and oxygen atoms in total. The number of aliphatic hydroxyl groups excluding tert-OH is 1. The minimum absolute atomic E-state index is 0.137. The molecule has 0 fully saturated rings. The summed E-state index contributed by atoms with van der Waals surface area (Å²) in [7, 11) is 0. The van der Waals surface area contributed by atoms with Crippen LogP contribution in [-0.2, 0) is 9.59 Å². The van der Waals surface area contributed by atoms with Gasteiger partial charge < -0.3 is 15.3 Å². The van der Waals surface area contributed by atoms with Gasteiger partial charge in [-0.2, -0.15) is 0 Å². The number of hydrogen-bond acceptors (Lipinski definition) is 3. The van der Waals surface area contributed by atoms with Crippen molar-refractivity contribution >= 4 is 75.7 Å². The van der Waals surface area contributed by atoms with Gasteiger partial charge in [0.1, 0.15) is 10.8 Å². The van der Waals surface area contributed by atoms with Crippen molar-refractivity contribution in [1.82, 2.24) is 0 Å². The Morgan fingerprint density at radius 2 is 1.48 bits per heavy atom. The van der Waals surface area contributed by atoms with Gasteiger partial charge in [0.15, 0.2) is 0 Å². The summed E-state index contributed by atoms with van der Waals surface area (Å²) < 4.78 is 1.05. The first-order chi connectivity index (χ1) is 10.5. The predicted octanol–water partition coefficient (Wildman–Crippen LogP) is 4.49. The third-order valence-corrected chi connectivity index (χ3v) is 9.17. The standard InChI is InChI=1S/C14H14Br4O5/c1-3-4-13(11(20)21)9(17)7(15)8(16)10(18)14(13,12(22)23)5-6(2)19/h3,6,19H,1,4-5H2,2H3,(H,20,21)(H,22,23). The maximum Gasteiger partial charge on any atom is 0.316 e. The van der Waals surface area contributed by atoms with Crippen LogP contribution in [0, 0.1) is 10.8 Å². The average molecular weight is 582 g/mol. The lowest BCUT2D eigenvalue weighted by atomic mass is 9.57. The molecular weight excluding hydrogens is 568 g/mol. The van der Waals surface area contributed by atoms with Gasteiger partial charge in [-0.1, -0.05) is 37.9 Å². The number of carboxylic acids is 2. The zero-order valence-corrected chi connectivity index (χ0v) is 18.3. The minimum Gasteiger partial charge on any atom is -0.481 e. The van der Waals surface area contributed by atoms with E-state index in [0.717, 1.165) is 0 Å². The molecule has 0 aromatic carbocycles. The predicted molar refractivity (Wildman–Crippen MR) is 101 cm³/mol. The van der Waals surface area contributed by atoms with E-state index < -0.39 is 28.9 Å². The van der Waals surface area contributed by atoms with E-state index in [-0.39, 0.29) is 21.8 Å². The van der Waals surface area contributed by atoms with Gasteiger partial charge in [-0.3, -0.25) is 9.59 Å². The molecule has 3 unspecified atom stereocenters. The number of carboxylic acid groups (broad SMARTS) is 2. The highest BCUT2D eigenvalue weighted by atomic mass is 79.9. The first kappa shape index (κ1) is 21.1. The van der Waals surface area contributed by atoms with Crippen LogP contribution in [0.2, 0.25) is 0 Å². The van der Waals surface area contributed by atoms with E-state index in [4.69, 9.17) is 0 Å².